The Kier molecular flexibility index (Phi) is 6.23. The van der Waals surface area contributed by atoms with Crippen LogP contribution in [0.15, 0.2) is 42.5 Å². The molecule has 5 heteroatoms. The third kappa shape index (κ3) is 5.25. The zero-order valence-electron chi connectivity index (χ0n) is 14.7. The first-order valence-corrected chi connectivity index (χ1v) is 8.36. The van der Waals surface area contributed by atoms with Crippen LogP contribution in [0.1, 0.15) is 11.1 Å². The van der Waals surface area contributed by atoms with Crippen LogP contribution < -0.4 is 15.1 Å². The number of anilines is 2. The monoisotopic (exact) mass is 346 g/mol. The van der Waals surface area contributed by atoms with E-state index in [9.17, 15) is 4.79 Å². The number of benzene rings is 2. The molecule has 0 aliphatic rings. The van der Waals surface area contributed by atoms with E-state index >= 15 is 0 Å². The third-order valence-electron chi connectivity index (χ3n) is 3.82. The molecular formula is C19H25ClN3O+. The van der Waals surface area contributed by atoms with Crippen LogP contribution >= 0.6 is 11.6 Å². The van der Waals surface area contributed by atoms with Crippen molar-refractivity contribution < 1.29 is 9.69 Å². The zero-order chi connectivity index (χ0) is 17.7. The van der Waals surface area contributed by atoms with Gasteiger partial charge in [-0.25, -0.2) is 0 Å². The maximum atomic E-state index is 12.2. The molecule has 4 nitrogen and oxygen atoms in total. The van der Waals surface area contributed by atoms with E-state index in [2.05, 4.69) is 34.5 Å². The van der Waals surface area contributed by atoms with Gasteiger partial charge in [0.15, 0.2) is 6.54 Å². The van der Waals surface area contributed by atoms with E-state index in [1.807, 2.05) is 46.3 Å². The fraction of sp³-hybridized carbons (Fsp3) is 0.316. The Labute approximate surface area is 149 Å². The van der Waals surface area contributed by atoms with Gasteiger partial charge in [-0.1, -0.05) is 29.8 Å². The highest BCUT2D eigenvalue weighted by Gasteiger charge is 2.12. The molecule has 2 N–H and O–H groups in total. The fourth-order valence-electron chi connectivity index (χ4n) is 2.51. The minimum absolute atomic E-state index is 0.0387. The van der Waals surface area contributed by atoms with Crippen LogP contribution in [0.25, 0.3) is 0 Å². The molecule has 0 radical (unpaired) electrons. The first-order chi connectivity index (χ1) is 11.3. The average Bonchev–Trinajstić information content (AvgIpc) is 2.50. The Morgan fingerprint density at radius 3 is 2.42 bits per heavy atom. The molecule has 1 amide bonds. The second-order valence-corrected chi connectivity index (χ2v) is 6.81. The van der Waals surface area contributed by atoms with Crippen molar-refractivity contribution in [2.45, 2.75) is 13.5 Å². The lowest BCUT2D eigenvalue weighted by atomic mass is 10.2. The molecule has 0 bridgehead atoms. The highest BCUT2D eigenvalue weighted by atomic mass is 35.5. The van der Waals surface area contributed by atoms with Gasteiger partial charge in [0.2, 0.25) is 0 Å². The summed E-state index contributed by atoms with van der Waals surface area (Å²) in [7, 11) is 6.05. The van der Waals surface area contributed by atoms with Crippen molar-refractivity contribution in [3.8, 4) is 0 Å². The molecule has 24 heavy (non-hydrogen) atoms. The summed E-state index contributed by atoms with van der Waals surface area (Å²) in [4.78, 5) is 15.4. The SMILES string of the molecule is Cc1ccc(NC(=O)C[NH+](C)Cc2ccc(N(C)C)cc2)c(Cl)c1. The van der Waals surface area contributed by atoms with E-state index in [4.69, 9.17) is 11.6 Å². The summed E-state index contributed by atoms with van der Waals surface area (Å²) in [5.74, 6) is -0.0387. The molecule has 0 heterocycles. The maximum absolute atomic E-state index is 12.2. The predicted molar refractivity (Wildman–Crippen MR) is 101 cm³/mol. The van der Waals surface area contributed by atoms with E-state index < -0.39 is 0 Å². The largest absolute Gasteiger partial charge is 0.378 e. The van der Waals surface area contributed by atoms with Gasteiger partial charge in [-0.05, 0) is 36.8 Å². The fourth-order valence-corrected chi connectivity index (χ4v) is 2.80. The van der Waals surface area contributed by atoms with Crippen molar-refractivity contribution in [1.29, 1.82) is 0 Å². The Bertz CT molecular complexity index is 698. The molecule has 0 saturated heterocycles. The summed E-state index contributed by atoms with van der Waals surface area (Å²) in [6.45, 7) is 3.15. The predicted octanol–water partition coefficient (Wildman–Crippen LogP) is 2.37. The van der Waals surface area contributed by atoms with Gasteiger partial charge in [-0.15, -0.1) is 0 Å². The molecule has 0 spiro atoms. The molecular weight excluding hydrogens is 322 g/mol. The van der Waals surface area contributed by atoms with Gasteiger partial charge in [-0.2, -0.15) is 0 Å². The standard InChI is InChI=1S/C19H24ClN3O/c1-14-5-10-18(17(20)11-14)21-19(24)13-23(4)12-15-6-8-16(9-7-15)22(2)3/h5-11H,12-13H2,1-4H3,(H,21,24)/p+1. The Hall–Kier alpha value is -2.04. The average molecular weight is 347 g/mol. The number of carbonyl (C=O) groups excluding carboxylic acids is 1. The number of likely N-dealkylation sites (N-methyl/N-ethyl adjacent to an activating group) is 1. The van der Waals surface area contributed by atoms with Crippen LogP contribution in [0.5, 0.6) is 0 Å². The third-order valence-corrected chi connectivity index (χ3v) is 4.13. The minimum Gasteiger partial charge on any atom is -0.378 e. The number of hydrogen-bond acceptors (Lipinski definition) is 2. The molecule has 0 fully saturated rings. The van der Waals surface area contributed by atoms with E-state index in [1.165, 1.54) is 11.3 Å². The van der Waals surface area contributed by atoms with E-state index in [0.29, 0.717) is 17.3 Å². The summed E-state index contributed by atoms with van der Waals surface area (Å²) >= 11 is 6.15. The van der Waals surface area contributed by atoms with Crippen LogP contribution in [0.4, 0.5) is 11.4 Å². The summed E-state index contributed by atoms with van der Waals surface area (Å²) in [6.07, 6.45) is 0. The van der Waals surface area contributed by atoms with Gasteiger partial charge in [0.1, 0.15) is 6.54 Å². The van der Waals surface area contributed by atoms with Crippen molar-refractivity contribution in [1.82, 2.24) is 0 Å². The highest BCUT2D eigenvalue weighted by Crippen LogP contribution is 2.22. The number of rotatable bonds is 6. The van der Waals surface area contributed by atoms with Gasteiger partial charge < -0.3 is 15.1 Å². The summed E-state index contributed by atoms with van der Waals surface area (Å²) < 4.78 is 0. The van der Waals surface area contributed by atoms with Crippen LogP contribution in [0.3, 0.4) is 0 Å². The van der Waals surface area contributed by atoms with Gasteiger partial charge in [-0.3, -0.25) is 4.79 Å². The van der Waals surface area contributed by atoms with Gasteiger partial charge in [0.05, 0.1) is 17.8 Å². The van der Waals surface area contributed by atoms with Crippen molar-refractivity contribution in [2.24, 2.45) is 0 Å². The summed E-state index contributed by atoms with van der Waals surface area (Å²) in [6, 6.07) is 14.0. The van der Waals surface area contributed by atoms with Crippen LogP contribution in [0, 0.1) is 6.92 Å². The molecule has 0 aliphatic heterocycles. The summed E-state index contributed by atoms with van der Waals surface area (Å²) in [5, 5.41) is 3.45. The quantitative estimate of drug-likeness (QED) is 0.842. The van der Waals surface area contributed by atoms with Crippen molar-refractivity contribution in [2.75, 3.05) is 37.9 Å². The Morgan fingerprint density at radius 2 is 1.83 bits per heavy atom. The lowest BCUT2D eigenvalue weighted by molar-refractivity contribution is -0.885. The first-order valence-electron chi connectivity index (χ1n) is 7.98. The molecule has 0 aromatic heterocycles. The Balaban J connectivity index is 1.89. The van der Waals surface area contributed by atoms with Crippen LogP contribution in [0.2, 0.25) is 5.02 Å². The van der Waals surface area contributed by atoms with Gasteiger partial charge in [0, 0.05) is 25.3 Å². The molecule has 1 atom stereocenters. The topological polar surface area (TPSA) is 36.8 Å². The van der Waals surface area contributed by atoms with Crippen molar-refractivity contribution >= 4 is 28.9 Å². The van der Waals surface area contributed by atoms with Gasteiger partial charge in [0.25, 0.3) is 5.91 Å². The van der Waals surface area contributed by atoms with Crippen molar-refractivity contribution in [3.05, 3.63) is 58.6 Å². The molecule has 128 valence electrons. The zero-order valence-corrected chi connectivity index (χ0v) is 15.4. The van der Waals surface area contributed by atoms with E-state index in [-0.39, 0.29) is 5.91 Å². The summed E-state index contributed by atoms with van der Waals surface area (Å²) in [5.41, 5.74) is 4.11. The molecule has 2 rings (SSSR count). The molecule has 0 saturated carbocycles. The maximum Gasteiger partial charge on any atom is 0.279 e. The van der Waals surface area contributed by atoms with E-state index in [0.717, 1.165) is 17.0 Å². The lowest BCUT2D eigenvalue weighted by Crippen LogP contribution is -3.08. The van der Waals surface area contributed by atoms with E-state index in [1.54, 1.807) is 0 Å². The number of hydrogen-bond donors (Lipinski definition) is 2. The number of carbonyl (C=O) groups is 1. The number of nitrogens with one attached hydrogen (secondary N) is 2. The Morgan fingerprint density at radius 1 is 1.17 bits per heavy atom. The second kappa shape index (κ2) is 8.18. The number of aryl methyl sites for hydroxylation is 1. The number of halogens is 1. The molecule has 2 aromatic rings. The first kappa shape index (κ1) is 18.3. The van der Waals surface area contributed by atoms with Crippen LogP contribution in [-0.2, 0) is 11.3 Å². The lowest BCUT2D eigenvalue weighted by Gasteiger charge is -2.16. The van der Waals surface area contributed by atoms with Crippen LogP contribution in [-0.4, -0.2) is 33.6 Å². The molecule has 0 aliphatic carbocycles. The number of nitrogens with zero attached hydrogens (tertiary/aromatic N) is 1. The smallest absolute Gasteiger partial charge is 0.279 e. The normalized spacial score (nSPS) is 11.9. The molecule has 2 aromatic carbocycles. The molecule has 1 unspecified atom stereocenters. The van der Waals surface area contributed by atoms with Crippen molar-refractivity contribution in [3.63, 3.8) is 0 Å². The number of amides is 1. The minimum atomic E-state index is -0.0387. The highest BCUT2D eigenvalue weighted by molar-refractivity contribution is 6.33. The van der Waals surface area contributed by atoms with Gasteiger partial charge >= 0.3 is 0 Å². The second-order valence-electron chi connectivity index (χ2n) is 6.40. The number of quaternary nitrogens is 1.